The first-order chi connectivity index (χ1) is 16.4. The molecular weight excluding hydrogens is 436 g/mol. The van der Waals surface area contributed by atoms with Crippen LogP contribution in [0.25, 0.3) is 11.1 Å². The number of ether oxygens (including phenoxy) is 1. The van der Waals surface area contributed by atoms with Gasteiger partial charge in [0.2, 0.25) is 0 Å². The number of anilines is 1. The van der Waals surface area contributed by atoms with E-state index in [1.807, 2.05) is 36.4 Å². The summed E-state index contributed by atoms with van der Waals surface area (Å²) in [5.74, 6) is -1.28. The maximum absolute atomic E-state index is 12.8. The molecule has 1 aromatic heterocycles. The van der Waals surface area contributed by atoms with E-state index in [0.29, 0.717) is 19.4 Å². The number of carboxylic acid groups (broad SMARTS) is 1. The average molecular weight is 460 g/mol. The molecule has 9 heteroatoms. The Balaban J connectivity index is 1.26. The highest BCUT2D eigenvalue weighted by Gasteiger charge is 2.35. The van der Waals surface area contributed by atoms with Crippen LogP contribution in [0.15, 0.2) is 54.6 Å². The van der Waals surface area contributed by atoms with Crippen LogP contribution in [0, 0.1) is 0 Å². The highest BCUT2D eigenvalue weighted by atomic mass is 16.5. The summed E-state index contributed by atoms with van der Waals surface area (Å²) in [5.41, 5.74) is 4.59. The predicted octanol–water partition coefficient (Wildman–Crippen LogP) is 3.47. The average Bonchev–Trinajstić information content (AvgIpc) is 3.54. The van der Waals surface area contributed by atoms with Crippen molar-refractivity contribution >= 4 is 23.8 Å². The topological polar surface area (TPSA) is 114 Å². The second-order valence-corrected chi connectivity index (χ2v) is 8.48. The number of likely N-dealkylation sites (tertiary alicyclic amines) is 1. The first kappa shape index (κ1) is 21.7. The minimum absolute atomic E-state index is 0.0649. The van der Waals surface area contributed by atoms with Crippen molar-refractivity contribution in [2.24, 2.45) is 7.05 Å². The van der Waals surface area contributed by atoms with Crippen LogP contribution in [0.5, 0.6) is 0 Å². The van der Waals surface area contributed by atoms with E-state index in [4.69, 9.17) is 4.74 Å². The van der Waals surface area contributed by atoms with Crippen LogP contribution in [-0.2, 0) is 16.6 Å². The van der Waals surface area contributed by atoms with E-state index in [0.717, 1.165) is 22.3 Å². The fourth-order valence-corrected chi connectivity index (χ4v) is 4.84. The predicted molar refractivity (Wildman–Crippen MR) is 124 cm³/mol. The molecule has 1 saturated heterocycles. The number of aromatic nitrogens is 2. The Hall–Kier alpha value is -4.14. The van der Waals surface area contributed by atoms with Crippen molar-refractivity contribution in [1.82, 2.24) is 14.7 Å². The zero-order chi connectivity index (χ0) is 23.8. The van der Waals surface area contributed by atoms with Gasteiger partial charge in [0.1, 0.15) is 18.5 Å². The summed E-state index contributed by atoms with van der Waals surface area (Å²) < 4.78 is 6.91. The van der Waals surface area contributed by atoms with E-state index < -0.39 is 24.0 Å². The van der Waals surface area contributed by atoms with Gasteiger partial charge in [-0.15, -0.1) is 0 Å². The van der Waals surface area contributed by atoms with Crippen LogP contribution in [0.3, 0.4) is 0 Å². The molecule has 0 spiro atoms. The summed E-state index contributed by atoms with van der Waals surface area (Å²) in [4.78, 5) is 38.1. The Morgan fingerprint density at radius 3 is 2.38 bits per heavy atom. The molecule has 9 nitrogen and oxygen atoms in total. The van der Waals surface area contributed by atoms with E-state index in [2.05, 4.69) is 22.5 Å². The van der Waals surface area contributed by atoms with Gasteiger partial charge in [0.25, 0.3) is 5.91 Å². The molecule has 0 unspecified atom stereocenters. The number of carbonyl (C=O) groups is 3. The molecule has 0 bridgehead atoms. The summed E-state index contributed by atoms with van der Waals surface area (Å²) in [6.45, 7) is 0.527. The number of hydrogen-bond donors (Lipinski definition) is 2. The number of carbonyl (C=O) groups excluding carboxylic acids is 2. The number of carboxylic acids is 1. The van der Waals surface area contributed by atoms with Gasteiger partial charge >= 0.3 is 12.1 Å². The lowest BCUT2D eigenvalue weighted by Gasteiger charge is -2.19. The molecule has 174 valence electrons. The fourth-order valence-electron chi connectivity index (χ4n) is 4.84. The highest BCUT2D eigenvalue weighted by Crippen LogP contribution is 2.44. The lowest BCUT2D eigenvalue weighted by molar-refractivity contribution is -0.141. The van der Waals surface area contributed by atoms with Gasteiger partial charge < -0.3 is 14.7 Å². The van der Waals surface area contributed by atoms with Crippen LogP contribution in [0.4, 0.5) is 10.6 Å². The second kappa shape index (κ2) is 8.66. The molecule has 2 amide bonds. The molecular formula is C25H24N4O5. The van der Waals surface area contributed by atoms with Crippen LogP contribution < -0.4 is 5.32 Å². The van der Waals surface area contributed by atoms with Crippen molar-refractivity contribution in [2.75, 3.05) is 18.5 Å². The molecule has 3 aromatic rings. The van der Waals surface area contributed by atoms with Gasteiger partial charge in [0.15, 0.2) is 5.69 Å². The molecule has 2 aromatic carbocycles. The van der Waals surface area contributed by atoms with Crippen LogP contribution in [0.1, 0.15) is 40.4 Å². The Kier molecular flexibility index (Phi) is 5.53. The van der Waals surface area contributed by atoms with Crippen LogP contribution >= 0.6 is 0 Å². The summed E-state index contributed by atoms with van der Waals surface area (Å²) in [6.07, 6.45) is 0.382. The van der Waals surface area contributed by atoms with Crippen molar-refractivity contribution in [3.8, 4) is 11.1 Å². The van der Waals surface area contributed by atoms with Crippen molar-refractivity contribution in [3.05, 3.63) is 71.4 Å². The molecule has 5 rings (SSSR count). The fraction of sp³-hybridized carbons (Fsp3) is 0.280. The third-order valence-corrected chi connectivity index (χ3v) is 6.47. The van der Waals surface area contributed by atoms with Crippen LogP contribution in [-0.4, -0.2) is 57.0 Å². The molecule has 0 radical (unpaired) electrons. The Morgan fingerprint density at radius 2 is 1.74 bits per heavy atom. The number of nitrogens with one attached hydrogen (secondary N) is 1. The quantitative estimate of drug-likeness (QED) is 0.603. The zero-order valence-corrected chi connectivity index (χ0v) is 18.6. The normalized spacial score (nSPS) is 16.7. The molecule has 0 saturated carbocycles. The molecule has 2 N–H and O–H groups in total. The number of amides is 2. The molecule has 34 heavy (non-hydrogen) atoms. The first-order valence-electron chi connectivity index (χ1n) is 11.1. The lowest BCUT2D eigenvalue weighted by atomic mass is 9.98. The van der Waals surface area contributed by atoms with Crippen molar-refractivity contribution in [2.45, 2.75) is 24.8 Å². The molecule has 2 aliphatic rings. The van der Waals surface area contributed by atoms with Gasteiger partial charge in [-0.25, -0.2) is 9.59 Å². The standard InChI is InChI=1S/C25H24N4O5/c1-28-22(13-20(27-28)23(30)29-12-6-11-21(29)24(31)32)26-25(33)34-14-19-17-9-4-2-7-15(17)16-8-3-5-10-18(16)19/h2-5,7-10,13,19,21H,6,11-12,14H2,1H3,(H,26,33)(H,31,32)/t21-/m0/s1. The van der Waals surface area contributed by atoms with Gasteiger partial charge in [0, 0.05) is 25.6 Å². The third kappa shape index (κ3) is 3.79. The second-order valence-electron chi connectivity index (χ2n) is 8.48. The largest absolute Gasteiger partial charge is 0.480 e. The number of aryl methyl sites for hydroxylation is 1. The van der Waals surface area contributed by atoms with E-state index in [9.17, 15) is 19.5 Å². The SMILES string of the molecule is Cn1nc(C(=O)N2CCC[C@H]2C(=O)O)cc1NC(=O)OCC1c2ccccc2-c2ccccc21. The van der Waals surface area contributed by atoms with Crippen molar-refractivity contribution in [1.29, 1.82) is 0 Å². The smallest absolute Gasteiger partial charge is 0.412 e. The minimum atomic E-state index is -1.03. The number of rotatable bonds is 5. The Bertz CT molecular complexity index is 1240. The third-order valence-electron chi connectivity index (χ3n) is 6.47. The molecule has 2 heterocycles. The van der Waals surface area contributed by atoms with Gasteiger partial charge in [-0.05, 0) is 35.1 Å². The number of aliphatic carboxylic acids is 1. The molecule has 1 aliphatic heterocycles. The van der Waals surface area contributed by atoms with E-state index >= 15 is 0 Å². The minimum Gasteiger partial charge on any atom is -0.480 e. The molecule has 1 fully saturated rings. The maximum atomic E-state index is 12.8. The highest BCUT2D eigenvalue weighted by molar-refractivity contribution is 5.96. The summed E-state index contributed by atoms with van der Waals surface area (Å²) in [5, 5.41) is 16.1. The molecule has 1 aliphatic carbocycles. The van der Waals surface area contributed by atoms with Gasteiger partial charge in [-0.3, -0.25) is 14.8 Å². The van der Waals surface area contributed by atoms with Crippen molar-refractivity contribution < 1.29 is 24.2 Å². The maximum Gasteiger partial charge on any atom is 0.412 e. The number of hydrogen-bond acceptors (Lipinski definition) is 5. The van der Waals surface area contributed by atoms with Gasteiger partial charge in [0.05, 0.1) is 0 Å². The molecule has 1 atom stereocenters. The summed E-state index contributed by atoms with van der Waals surface area (Å²) in [6, 6.07) is 16.7. The van der Waals surface area contributed by atoms with Crippen molar-refractivity contribution in [3.63, 3.8) is 0 Å². The monoisotopic (exact) mass is 460 g/mol. The number of nitrogens with zero attached hydrogens (tertiary/aromatic N) is 3. The van der Waals surface area contributed by atoms with Gasteiger partial charge in [-0.1, -0.05) is 48.5 Å². The van der Waals surface area contributed by atoms with E-state index in [-0.39, 0.29) is 24.0 Å². The lowest BCUT2D eigenvalue weighted by Crippen LogP contribution is -2.40. The number of fused-ring (bicyclic) bond motifs is 3. The summed E-state index contributed by atoms with van der Waals surface area (Å²) in [7, 11) is 1.59. The van der Waals surface area contributed by atoms with E-state index in [1.165, 1.54) is 15.6 Å². The Labute approximate surface area is 195 Å². The zero-order valence-electron chi connectivity index (χ0n) is 18.6. The number of benzene rings is 2. The Morgan fingerprint density at radius 1 is 1.09 bits per heavy atom. The van der Waals surface area contributed by atoms with Crippen LogP contribution in [0.2, 0.25) is 0 Å². The first-order valence-corrected chi connectivity index (χ1v) is 11.1. The van der Waals surface area contributed by atoms with Gasteiger partial charge in [-0.2, -0.15) is 5.10 Å². The summed E-state index contributed by atoms with van der Waals surface area (Å²) >= 11 is 0. The van der Waals surface area contributed by atoms with E-state index in [1.54, 1.807) is 7.05 Å².